The number of imidazole rings is 1. The van der Waals surface area contributed by atoms with Crippen molar-refractivity contribution in [2.24, 2.45) is 13.0 Å². The molecule has 8 heteroatoms. The molecule has 0 aliphatic carbocycles. The minimum atomic E-state index is -0.360. The molecule has 0 spiro atoms. The smallest absolute Gasteiger partial charge is 0.261 e. The van der Waals surface area contributed by atoms with Crippen LogP contribution in [0, 0.1) is 11.7 Å². The molecular weight excluding hydrogens is 385 g/mol. The molecular formula is C22H24FN5O2. The molecule has 5 heterocycles. The maximum absolute atomic E-state index is 13.7. The number of nitrogens with zero attached hydrogens (tertiary/aromatic N) is 5. The minimum absolute atomic E-state index is 0.0287. The summed E-state index contributed by atoms with van der Waals surface area (Å²) in [6.07, 6.45) is 5.80. The fraction of sp³-hybridized carbons (Fsp3) is 0.409. The lowest BCUT2D eigenvalue weighted by Crippen LogP contribution is -2.47. The van der Waals surface area contributed by atoms with Gasteiger partial charge in [-0.1, -0.05) is 0 Å². The van der Waals surface area contributed by atoms with Crippen molar-refractivity contribution in [3.8, 4) is 17.3 Å². The van der Waals surface area contributed by atoms with Gasteiger partial charge in [0.15, 0.2) is 0 Å². The molecule has 2 bridgehead atoms. The Kier molecular flexibility index (Phi) is 4.66. The zero-order valence-electron chi connectivity index (χ0n) is 17.1. The predicted molar refractivity (Wildman–Crippen MR) is 110 cm³/mol. The Labute approximate surface area is 173 Å². The second-order valence-corrected chi connectivity index (χ2v) is 8.26. The molecule has 7 nitrogen and oxygen atoms in total. The van der Waals surface area contributed by atoms with E-state index >= 15 is 0 Å². The molecule has 5 rings (SSSR count). The van der Waals surface area contributed by atoms with Gasteiger partial charge in [0, 0.05) is 62.8 Å². The van der Waals surface area contributed by atoms with E-state index in [9.17, 15) is 9.18 Å². The van der Waals surface area contributed by atoms with Crippen molar-refractivity contribution in [1.29, 1.82) is 0 Å². The Morgan fingerprint density at radius 2 is 2.10 bits per heavy atom. The highest BCUT2D eigenvalue weighted by Gasteiger charge is 2.35. The van der Waals surface area contributed by atoms with Crippen LogP contribution < -0.4 is 10.3 Å². The summed E-state index contributed by atoms with van der Waals surface area (Å²) in [5.41, 5.74) is 2.49. The Hall–Kier alpha value is -3.00. The van der Waals surface area contributed by atoms with Gasteiger partial charge in [-0.3, -0.25) is 9.69 Å². The molecule has 1 fully saturated rings. The Morgan fingerprint density at radius 3 is 2.87 bits per heavy atom. The van der Waals surface area contributed by atoms with E-state index in [2.05, 4.69) is 20.9 Å². The van der Waals surface area contributed by atoms with E-state index in [1.54, 1.807) is 13.3 Å². The molecule has 0 amide bonds. The van der Waals surface area contributed by atoms with Crippen molar-refractivity contribution in [2.75, 3.05) is 20.2 Å². The minimum Gasteiger partial charge on any atom is -0.481 e. The largest absolute Gasteiger partial charge is 0.481 e. The second kappa shape index (κ2) is 7.36. The Bertz CT molecular complexity index is 1150. The standard InChI is InChI=1S/C22H24FN5O2/c1-26-6-5-24-20(26)18-3-4-19-15-7-14(11-28(19)22(18)29)10-27(12-15)13-16-8-17(23)9-25-21(16)30-2/h3-6,8-9,14-15H,7,10-13H2,1-2H3/t14-,15+/m0/s1. The molecule has 30 heavy (non-hydrogen) atoms. The summed E-state index contributed by atoms with van der Waals surface area (Å²) in [4.78, 5) is 23.9. The van der Waals surface area contributed by atoms with Crippen LogP contribution >= 0.6 is 0 Å². The van der Waals surface area contributed by atoms with Gasteiger partial charge in [-0.15, -0.1) is 0 Å². The van der Waals surface area contributed by atoms with Crippen LogP contribution in [0.15, 0.2) is 41.6 Å². The van der Waals surface area contributed by atoms with E-state index in [0.717, 1.165) is 30.8 Å². The highest BCUT2D eigenvalue weighted by Crippen LogP contribution is 2.36. The van der Waals surface area contributed by atoms with Gasteiger partial charge >= 0.3 is 0 Å². The normalized spacial score (nSPS) is 20.8. The third-order valence-corrected chi connectivity index (χ3v) is 6.22. The van der Waals surface area contributed by atoms with Gasteiger partial charge in [-0.2, -0.15) is 0 Å². The lowest BCUT2D eigenvalue weighted by molar-refractivity contribution is 0.113. The average Bonchev–Trinajstić information content (AvgIpc) is 3.15. The monoisotopic (exact) mass is 409 g/mol. The Balaban J connectivity index is 1.43. The molecule has 2 aliphatic rings. The molecule has 0 saturated carbocycles. The number of hydrogen-bond donors (Lipinski definition) is 0. The second-order valence-electron chi connectivity index (χ2n) is 8.26. The van der Waals surface area contributed by atoms with E-state index in [1.165, 1.54) is 12.3 Å². The van der Waals surface area contributed by atoms with E-state index in [4.69, 9.17) is 4.74 Å². The number of likely N-dealkylation sites (tertiary alicyclic amines) is 1. The van der Waals surface area contributed by atoms with Gasteiger partial charge in [0.05, 0.1) is 18.9 Å². The van der Waals surface area contributed by atoms with Gasteiger partial charge in [0.1, 0.15) is 11.6 Å². The van der Waals surface area contributed by atoms with E-state index in [1.807, 2.05) is 28.4 Å². The quantitative estimate of drug-likeness (QED) is 0.662. The first kappa shape index (κ1) is 19.0. The maximum atomic E-state index is 13.7. The van der Waals surface area contributed by atoms with Crippen molar-refractivity contribution < 1.29 is 9.13 Å². The number of halogens is 1. The molecule has 0 aromatic carbocycles. The first-order chi connectivity index (χ1) is 14.5. The van der Waals surface area contributed by atoms with Gasteiger partial charge in [-0.05, 0) is 30.5 Å². The summed E-state index contributed by atoms with van der Waals surface area (Å²) in [7, 11) is 3.45. The van der Waals surface area contributed by atoms with Crippen LogP contribution in [-0.4, -0.2) is 44.2 Å². The zero-order valence-corrected chi connectivity index (χ0v) is 17.1. The van der Waals surface area contributed by atoms with E-state index in [-0.39, 0.29) is 17.3 Å². The number of aryl methyl sites for hydroxylation is 1. The summed E-state index contributed by atoms with van der Waals surface area (Å²) in [5, 5.41) is 0. The highest BCUT2D eigenvalue weighted by molar-refractivity contribution is 5.54. The average molecular weight is 409 g/mol. The number of pyridine rings is 2. The van der Waals surface area contributed by atoms with Crippen LogP contribution in [0.3, 0.4) is 0 Å². The molecule has 2 aliphatic heterocycles. The van der Waals surface area contributed by atoms with Gasteiger partial charge in [0.25, 0.3) is 5.56 Å². The predicted octanol–water partition coefficient (Wildman–Crippen LogP) is 2.41. The highest BCUT2D eigenvalue weighted by atomic mass is 19.1. The molecule has 0 radical (unpaired) electrons. The van der Waals surface area contributed by atoms with Crippen LogP contribution in [-0.2, 0) is 20.1 Å². The maximum Gasteiger partial charge on any atom is 0.261 e. The number of fused-ring (bicyclic) bond motifs is 4. The van der Waals surface area contributed by atoms with Crippen LogP contribution in [0.4, 0.5) is 4.39 Å². The molecule has 156 valence electrons. The first-order valence-corrected chi connectivity index (χ1v) is 10.2. The van der Waals surface area contributed by atoms with Crippen molar-refractivity contribution in [3.63, 3.8) is 0 Å². The third kappa shape index (κ3) is 3.21. The first-order valence-electron chi connectivity index (χ1n) is 10.2. The molecule has 0 N–H and O–H groups in total. The summed E-state index contributed by atoms with van der Waals surface area (Å²) >= 11 is 0. The lowest BCUT2D eigenvalue weighted by atomic mass is 9.82. The summed E-state index contributed by atoms with van der Waals surface area (Å²) < 4.78 is 22.8. The van der Waals surface area contributed by atoms with E-state index in [0.29, 0.717) is 36.3 Å². The number of ether oxygens (including phenoxy) is 1. The van der Waals surface area contributed by atoms with Gasteiger partial charge in [0.2, 0.25) is 5.88 Å². The topological polar surface area (TPSA) is 65.2 Å². The van der Waals surface area contributed by atoms with Crippen molar-refractivity contribution in [2.45, 2.75) is 25.4 Å². The van der Waals surface area contributed by atoms with Crippen molar-refractivity contribution in [3.05, 3.63) is 64.2 Å². The van der Waals surface area contributed by atoms with E-state index < -0.39 is 0 Å². The lowest BCUT2D eigenvalue weighted by Gasteiger charge is -2.43. The summed E-state index contributed by atoms with van der Waals surface area (Å²) in [6, 6.07) is 5.46. The summed E-state index contributed by atoms with van der Waals surface area (Å²) in [6.45, 7) is 2.94. The fourth-order valence-electron chi connectivity index (χ4n) is 4.98. The molecule has 3 aromatic rings. The Morgan fingerprint density at radius 1 is 1.23 bits per heavy atom. The third-order valence-electron chi connectivity index (χ3n) is 6.22. The summed E-state index contributed by atoms with van der Waals surface area (Å²) in [5.74, 6) is 1.44. The fourth-order valence-corrected chi connectivity index (χ4v) is 4.98. The SMILES string of the molecule is COc1ncc(F)cc1CN1C[C@@H]2C[C@H](C1)c1ccc(-c3nccn3C)c(=O)n1C2. The van der Waals surface area contributed by atoms with Crippen LogP contribution in [0.5, 0.6) is 5.88 Å². The number of rotatable bonds is 4. The van der Waals surface area contributed by atoms with Crippen molar-refractivity contribution in [1.82, 2.24) is 24.0 Å². The number of aromatic nitrogens is 4. The zero-order chi connectivity index (χ0) is 20.8. The van der Waals surface area contributed by atoms with Gasteiger partial charge < -0.3 is 13.9 Å². The number of methoxy groups -OCH3 is 1. The molecule has 3 aromatic heterocycles. The molecule has 1 saturated heterocycles. The molecule has 0 unspecified atom stereocenters. The molecule has 2 atom stereocenters. The van der Waals surface area contributed by atoms with Crippen LogP contribution in [0.2, 0.25) is 0 Å². The van der Waals surface area contributed by atoms with Gasteiger partial charge in [-0.25, -0.2) is 14.4 Å². The van der Waals surface area contributed by atoms with Crippen molar-refractivity contribution >= 4 is 0 Å². The van der Waals surface area contributed by atoms with Crippen LogP contribution in [0.1, 0.15) is 23.6 Å². The van der Waals surface area contributed by atoms with Crippen LogP contribution in [0.25, 0.3) is 11.4 Å². The number of piperidine rings is 1. The number of hydrogen-bond acceptors (Lipinski definition) is 5.